The molecule has 0 aliphatic carbocycles. The van der Waals surface area contributed by atoms with E-state index in [1.807, 2.05) is 6.92 Å². The van der Waals surface area contributed by atoms with Crippen LogP contribution in [-0.2, 0) is 30.7 Å². The Morgan fingerprint density at radius 2 is 1.84 bits per heavy atom. The van der Waals surface area contributed by atoms with Crippen molar-refractivity contribution in [2.24, 2.45) is 4.99 Å². The molecule has 1 aromatic carbocycles. The van der Waals surface area contributed by atoms with Crippen molar-refractivity contribution in [2.75, 3.05) is 31.2 Å². The van der Waals surface area contributed by atoms with E-state index in [2.05, 4.69) is 4.99 Å². The number of benzene rings is 1. The van der Waals surface area contributed by atoms with Gasteiger partial charge in [-0.1, -0.05) is 11.3 Å². The van der Waals surface area contributed by atoms with Crippen molar-refractivity contribution in [3.8, 4) is 0 Å². The molecule has 1 saturated heterocycles. The van der Waals surface area contributed by atoms with Gasteiger partial charge in [-0.3, -0.25) is 9.59 Å². The Balaban J connectivity index is 1.82. The number of rotatable bonds is 7. The van der Waals surface area contributed by atoms with Gasteiger partial charge in [0.15, 0.2) is 14.6 Å². The van der Waals surface area contributed by atoms with Crippen molar-refractivity contribution < 1.29 is 27.5 Å². The fourth-order valence-corrected chi connectivity index (χ4v) is 5.68. The minimum absolute atomic E-state index is 0.264. The summed E-state index contributed by atoms with van der Waals surface area (Å²) in [4.78, 5) is 42.3. The van der Waals surface area contributed by atoms with Crippen LogP contribution in [0.25, 0.3) is 10.2 Å². The van der Waals surface area contributed by atoms with Gasteiger partial charge in [-0.2, -0.15) is 4.99 Å². The van der Waals surface area contributed by atoms with E-state index in [0.717, 1.165) is 23.1 Å². The highest BCUT2D eigenvalue weighted by atomic mass is 32.2. The van der Waals surface area contributed by atoms with Crippen LogP contribution in [0.1, 0.15) is 37.0 Å². The van der Waals surface area contributed by atoms with Crippen LogP contribution in [0.5, 0.6) is 0 Å². The Bertz CT molecular complexity index is 1170. The Kier molecular flexibility index (Phi) is 7.26. The van der Waals surface area contributed by atoms with E-state index in [1.54, 1.807) is 29.7 Å². The van der Waals surface area contributed by atoms with Gasteiger partial charge in [0.1, 0.15) is 11.5 Å². The summed E-state index contributed by atoms with van der Waals surface area (Å²) in [5.74, 6) is -3.24. The van der Waals surface area contributed by atoms with E-state index in [1.165, 1.54) is 16.2 Å². The van der Waals surface area contributed by atoms with Gasteiger partial charge < -0.3 is 14.2 Å². The molecule has 0 N–H and O–H groups in total. The number of hydrogen-bond donors (Lipinski definition) is 0. The lowest BCUT2D eigenvalue weighted by Gasteiger charge is -2.14. The number of nitrogens with zero attached hydrogens (tertiary/aromatic N) is 3. The number of ether oxygens (including phenoxy) is 1. The fraction of sp³-hybridized carbons (Fsp3) is 0.500. The van der Waals surface area contributed by atoms with Crippen LogP contribution in [0, 0.1) is 0 Å². The van der Waals surface area contributed by atoms with Crippen molar-refractivity contribution in [2.45, 2.75) is 33.2 Å². The predicted octanol–water partition coefficient (Wildman–Crippen LogP) is 1.36. The quantitative estimate of drug-likeness (QED) is 0.568. The normalized spacial score (nSPS) is 14.9. The Hall–Kier alpha value is -2.53. The summed E-state index contributed by atoms with van der Waals surface area (Å²) in [7, 11) is -3.91. The van der Waals surface area contributed by atoms with Crippen molar-refractivity contribution in [1.82, 2.24) is 9.47 Å². The van der Waals surface area contributed by atoms with Gasteiger partial charge in [0.2, 0.25) is 5.91 Å². The third-order valence-electron chi connectivity index (χ3n) is 4.88. The molecule has 31 heavy (non-hydrogen) atoms. The second-order valence-corrected chi connectivity index (χ2v) is 10.2. The van der Waals surface area contributed by atoms with E-state index in [9.17, 15) is 22.8 Å². The number of carbonyl (C=O) groups is 3. The summed E-state index contributed by atoms with van der Waals surface area (Å²) in [5, 5.41) is 0. The lowest BCUT2D eigenvalue weighted by Crippen LogP contribution is -2.35. The molecular formula is C20H25N3O6S2. The molecule has 0 saturated carbocycles. The summed E-state index contributed by atoms with van der Waals surface area (Å²) in [5.41, 5.74) is 1.17. The Morgan fingerprint density at radius 1 is 1.13 bits per heavy atom. The number of sulfone groups is 1. The van der Waals surface area contributed by atoms with Gasteiger partial charge in [-0.25, -0.2) is 13.2 Å². The average molecular weight is 468 g/mol. The summed E-state index contributed by atoms with van der Waals surface area (Å²) in [6.07, 6.45) is 1.72. The number of esters is 1. The molecule has 2 heterocycles. The largest absolute Gasteiger partial charge is 0.462 e. The zero-order valence-electron chi connectivity index (χ0n) is 17.5. The van der Waals surface area contributed by atoms with Crippen molar-refractivity contribution in [3.05, 3.63) is 28.6 Å². The first kappa shape index (κ1) is 23.1. The highest BCUT2D eigenvalue weighted by molar-refractivity contribution is 7.92. The molecule has 1 fully saturated rings. The molecule has 1 aromatic heterocycles. The van der Waals surface area contributed by atoms with Crippen LogP contribution < -0.4 is 4.80 Å². The molecule has 0 bridgehead atoms. The third kappa shape index (κ3) is 5.59. The lowest BCUT2D eigenvalue weighted by atomic mass is 10.2. The van der Waals surface area contributed by atoms with Crippen LogP contribution in [-0.4, -0.2) is 66.9 Å². The Morgan fingerprint density at radius 3 is 2.48 bits per heavy atom. The maximum absolute atomic E-state index is 12.4. The van der Waals surface area contributed by atoms with Gasteiger partial charge >= 0.3 is 5.97 Å². The molecule has 0 unspecified atom stereocenters. The predicted molar refractivity (Wildman–Crippen MR) is 116 cm³/mol. The van der Waals surface area contributed by atoms with E-state index >= 15 is 0 Å². The van der Waals surface area contributed by atoms with Gasteiger partial charge in [-0.05, 0) is 44.9 Å². The van der Waals surface area contributed by atoms with E-state index in [4.69, 9.17) is 4.74 Å². The molecule has 3 rings (SSSR count). The zero-order valence-corrected chi connectivity index (χ0v) is 19.1. The van der Waals surface area contributed by atoms with Crippen LogP contribution in [0.15, 0.2) is 23.2 Å². The zero-order chi connectivity index (χ0) is 22.6. The minimum Gasteiger partial charge on any atom is -0.462 e. The number of aromatic nitrogens is 1. The van der Waals surface area contributed by atoms with Crippen LogP contribution >= 0.6 is 11.3 Å². The van der Waals surface area contributed by atoms with E-state index in [0.29, 0.717) is 30.0 Å². The minimum atomic E-state index is -3.91. The number of aryl methyl sites for hydroxylation is 1. The number of amides is 2. The molecular weight excluding hydrogens is 442 g/mol. The van der Waals surface area contributed by atoms with Crippen LogP contribution in [0.2, 0.25) is 0 Å². The second-order valence-electron chi connectivity index (χ2n) is 7.16. The van der Waals surface area contributed by atoms with E-state index in [-0.39, 0.29) is 6.61 Å². The molecule has 2 aromatic rings. The maximum Gasteiger partial charge on any atom is 0.338 e. The molecule has 11 heteroatoms. The number of hydrogen-bond acceptors (Lipinski definition) is 7. The lowest BCUT2D eigenvalue weighted by molar-refractivity contribution is -0.127. The van der Waals surface area contributed by atoms with Crippen LogP contribution in [0.4, 0.5) is 0 Å². The first-order valence-electron chi connectivity index (χ1n) is 10.1. The molecule has 0 radical (unpaired) electrons. The van der Waals surface area contributed by atoms with Crippen molar-refractivity contribution >= 4 is 49.2 Å². The monoisotopic (exact) mass is 467 g/mol. The van der Waals surface area contributed by atoms with Gasteiger partial charge in [0.05, 0.1) is 22.4 Å². The summed E-state index contributed by atoms with van der Waals surface area (Å²) in [6, 6.07) is 5.05. The summed E-state index contributed by atoms with van der Waals surface area (Å²) < 4.78 is 32.2. The highest BCUT2D eigenvalue weighted by Gasteiger charge is 2.26. The first-order chi connectivity index (χ1) is 14.7. The van der Waals surface area contributed by atoms with Crippen LogP contribution in [0.3, 0.4) is 0 Å². The van der Waals surface area contributed by atoms with Gasteiger partial charge in [0, 0.05) is 19.6 Å². The van der Waals surface area contributed by atoms with E-state index < -0.39 is 39.1 Å². The first-order valence-corrected chi connectivity index (χ1v) is 12.7. The molecule has 0 atom stereocenters. The van der Waals surface area contributed by atoms with Crippen molar-refractivity contribution in [3.63, 3.8) is 0 Å². The standard InChI is InChI=1S/C20H25N3O6S2/c1-3-23-15-8-7-14(19(26)29-4-2)11-16(15)30-20(23)21-17(24)12-31(27,28)13-18(25)22-9-5-6-10-22/h7-8,11H,3-6,9-10,12-13H2,1-2H3. The SMILES string of the molecule is CCOC(=O)c1ccc2c(c1)sc(=NC(=O)CS(=O)(=O)CC(=O)N1CCCC1)n2CC. The molecule has 0 spiro atoms. The maximum atomic E-state index is 12.4. The average Bonchev–Trinajstić information content (AvgIpc) is 3.34. The second kappa shape index (κ2) is 9.73. The molecule has 168 valence electrons. The van der Waals surface area contributed by atoms with Gasteiger partial charge in [0.25, 0.3) is 5.91 Å². The molecule has 1 aliphatic rings. The smallest absolute Gasteiger partial charge is 0.338 e. The fourth-order valence-electron chi connectivity index (χ4n) is 3.43. The third-order valence-corrected chi connectivity index (χ3v) is 7.29. The number of carbonyl (C=O) groups excluding carboxylic acids is 3. The molecule has 9 nitrogen and oxygen atoms in total. The van der Waals surface area contributed by atoms with Crippen molar-refractivity contribution in [1.29, 1.82) is 0 Å². The Labute approximate surface area is 184 Å². The number of thiazole rings is 1. The highest BCUT2D eigenvalue weighted by Crippen LogP contribution is 2.20. The number of fused-ring (bicyclic) bond motifs is 1. The topological polar surface area (TPSA) is 115 Å². The molecule has 1 aliphatic heterocycles. The van der Waals surface area contributed by atoms with Gasteiger partial charge in [-0.15, -0.1) is 0 Å². The summed E-state index contributed by atoms with van der Waals surface area (Å²) >= 11 is 1.18. The number of likely N-dealkylation sites (tertiary alicyclic amines) is 1. The molecule has 2 amide bonds. The summed E-state index contributed by atoms with van der Waals surface area (Å²) in [6.45, 7) is 5.48.